The van der Waals surface area contributed by atoms with E-state index in [1.54, 1.807) is 25.1 Å². The second-order valence-corrected chi connectivity index (χ2v) is 5.92. The quantitative estimate of drug-likeness (QED) is 0.861. The second kappa shape index (κ2) is 4.12. The zero-order chi connectivity index (χ0) is 12.9. The topological polar surface area (TPSA) is 41.8 Å². The van der Waals surface area contributed by atoms with Crippen LogP contribution in [0.5, 0.6) is 0 Å². The number of hydrogen-bond acceptors (Lipinski definition) is 3. The molecule has 5 heteroatoms. The maximum absolute atomic E-state index is 10.2. The summed E-state index contributed by atoms with van der Waals surface area (Å²) in [6, 6.07) is 5.37. The van der Waals surface area contributed by atoms with Gasteiger partial charge in [-0.15, -0.1) is 0 Å². The highest BCUT2D eigenvalue weighted by Gasteiger charge is 2.52. The van der Waals surface area contributed by atoms with E-state index >= 15 is 0 Å². The van der Waals surface area contributed by atoms with Gasteiger partial charge in [-0.3, -0.25) is 0 Å². The number of aliphatic hydroxyl groups is 1. The summed E-state index contributed by atoms with van der Waals surface area (Å²) in [6.07, 6.45) is 1.24. The third-order valence-corrected chi connectivity index (χ3v) is 4.40. The molecule has 1 aromatic rings. The molecular formula is C13H13Cl2NO2. The molecule has 3 atom stereocenters. The average Bonchev–Trinajstić information content (AvgIpc) is 2.82. The first-order chi connectivity index (χ1) is 8.50. The van der Waals surface area contributed by atoms with Crippen molar-refractivity contribution in [3.05, 3.63) is 33.8 Å². The fourth-order valence-electron chi connectivity index (χ4n) is 2.80. The summed E-state index contributed by atoms with van der Waals surface area (Å²) in [7, 11) is 0. The molecule has 1 aromatic carbocycles. The van der Waals surface area contributed by atoms with Gasteiger partial charge in [0.25, 0.3) is 0 Å². The number of oxime groups is 1. The molecule has 0 aromatic heterocycles. The van der Waals surface area contributed by atoms with E-state index in [0.29, 0.717) is 16.5 Å². The van der Waals surface area contributed by atoms with Crippen molar-refractivity contribution in [1.82, 2.24) is 0 Å². The van der Waals surface area contributed by atoms with Crippen LogP contribution in [0.25, 0.3) is 0 Å². The van der Waals surface area contributed by atoms with E-state index in [0.717, 1.165) is 17.7 Å². The molecule has 0 unspecified atom stereocenters. The van der Waals surface area contributed by atoms with Crippen molar-refractivity contribution in [2.24, 2.45) is 11.1 Å². The van der Waals surface area contributed by atoms with E-state index in [-0.39, 0.29) is 12.0 Å². The van der Waals surface area contributed by atoms with Crippen LogP contribution in [0.2, 0.25) is 10.0 Å². The standard InChI is InChI=1S/C13H13Cl2NO2/c1-13(17)6-5-7-11(16-18-12(7)13)10-8(14)3-2-4-9(10)15/h2-4,7,12,17H,5-6H2,1H3/t7-,12+,13-/m1/s1. The Bertz CT molecular complexity index is 507. The molecule has 0 saturated heterocycles. The van der Waals surface area contributed by atoms with Crippen LogP contribution in [0.15, 0.2) is 23.4 Å². The van der Waals surface area contributed by atoms with Crippen molar-refractivity contribution in [3.63, 3.8) is 0 Å². The SMILES string of the molecule is C[C@@]1(O)CC[C@@H]2C(c3c(Cl)cccc3Cl)=NO[C@@H]21. The summed E-state index contributed by atoms with van der Waals surface area (Å²) < 4.78 is 0. The summed E-state index contributed by atoms with van der Waals surface area (Å²) in [5.41, 5.74) is 0.656. The molecule has 96 valence electrons. The fraction of sp³-hybridized carbons (Fsp3) is 0.462. The molecule has 3 nitrogen and oxygen atoms in total. The lowest BCUT2D eigenvalue weighted by molar-refractivity contribution is -0.0737. The number of rotatable bonds is 1. The van der Waals surface area contributed by atoms with E-state index in [2.05, 4.69) is 5.16 Å². The largest absolute Gasteiger partial charge is 0.388 e. The monoisotopic (exact) mass is 285 g/mol. The van der Waals surface area contributed by atoms with Crippen molar-refractivity contribution in [2.45, 2.75) is 31.5 Å². The van der Waals surface area contributed by atoms with E-state index in [9.17, 15) is 5.11 Å². The molecule has 1 heterocycles. The molecular weight excluding hydrogens is 273 g/mol. The molecule has 1 fully saturated rings. The average molecular weight is 286 g/mol. The molecule has 0 radical (unpaired) electrons. The summed E-state index contributed by atoms with van der Waals surface area (Å²) in [6.45, 7) is 1.78. The number of nitrogens with zero attached hydrogens (tertiary/aromatic N) is 1. The van der Waals surface area contributed by atoms with E-state index < -0.39 is 5.60 Å². The Kier molecular flexibility index (Phi) is 2.81. The minimum atomic E-state index is -0.830. The molecule has 18 heavy (non-hydrogen) atoms. The smallest absolute Gasteiger partial charge is 0.164 e. The van der Waals surface area contributed by atoms with Crippen molar-refractivity contribution >= 4 is 28.9 Å². The van der Waals surface area contributed by atoms with Gasteiger partial charge in [0.1, 0.15) is 5.60 Å². The van der Waals surface area contributed by atoms with Crippen LogP contribution in [0, 0.1) is 5.92 Å². The molecule has 0 amide bonds. The van der Waals surface area contributed by atoms with Crippen LogP contribution >= 0.6 is 23.2 Å². The van der Waals surface area contributed by atoms with Crippen molar-refractivity contribution in [2.75, 3.05) is 0 Å². The molecule has 1 N–H and O–H groups in total. The summed E-state index contributed by atoms with van der Waals surface area (Å²) in [5.74, 6) is 0.0670. The van der Waals surface area contributed by atoms with Gasteiger partial charge in [0, 0.05) is 11.5 Å². The first-order valence-corrected chi connectivity index (χ1v) is 6.67. The Labute approximate surface area is 115 Å². The lowest BCUT2D eigenvalue weighted by Gasteiger charge is -2.22. The predicted octanol–water partition coefficient (Wildman–Crippen LogP) is 3.26. The minimum Gasteiger partial charge on any atom is -0.388 e. The van der Waals surface area contributed by atoms with Gasteiger partial charge in [-0.25, -0.2) is 0 Å². The van der Waals surface area contributed by atoms with Gasteiger partial charge in [-0.1, -0.05) is 34.4 Å². The third-order valence-electron chi connectivity index (χ3n) is 3.77. The number of hydrogen-bond donors (Lipinski definition) is 1. The van der Waals surface area contributed by atoms with E-state index in [4.69, 9.17) is 28.0 Å². The second-order valence-electron chi connectivity index (χ2n) is 5.10. The summed E-state index contributed by atoms with van der Waals surface area (Å²) >= 11 is 12.4. The Morgan fingerprint density at radius 1 is 1.39 bits per heavy atom. The Balaban J connectivity index is 2.01. The molecule has 0 bridgehead atoms. The Morgan fingerprint density at radius 3 is 2.72 bits per heavy atom. The Morgan fingerprint density at radius 2 is 2.06 bits per heavy atom. The number of halogens is 2. The molecule has 1 saturated carbocycles. The van der Waals surface area contributed by atoms with E-state index in [1.807, 2.05) is 0 Å². The van der Waals surface area contributed by atoms with Crippen molar-refractivity contribution in [3.8, 4) is 0 Å². The first-order valence-electron chi connectivity index (χ1n) is 5.91. The third kappa shape index (κ3) is 1.73. The normalized spacial score (nSPS) is 34.1. The predicted molar refractivity (Wildman–Crippen MR) is 71.2 cm³/mol. The van der Waals surface area contributed by atoms with Gasteiger partial charge < -0.3 is 9.94 Å². The van der Waals surface area contributed by atoms with Crippen LogP contribution in [-0.4, -0.2) is 22.5 Å². The summed E-state index contributed by atoms with van der Waals surface area (Å²) in [4.78, 5) is 5.39. The van der Waals surface area contributed by atoms with Gasteiger partial charge in [0.05, 0.1) is 15.8 Å². The van der Waals surface area contributed by atoms with Crippen LogP contribution < -0.4 is 0 Å². The van der Waals surface area contributed by atoms with Gasteiger partial charge in [0.15, 0.2) is 6.10 Å². The number of fused-ring (bicyclic) bond motifs is 1. The maximum atomic E-state index is 10.2. The molecule has 1 aliphatic carbocycles. The lowest BCUT2D eigenvalue weighted by Crippen LogP contribution is -2.37. The van der Waals surface area contributed by atoms with E-state index in [1.165, 1.54) is 0 Å². The van der Waals surface area contributed by atoms with Crippen molar-refractivity contribution < 1.29 is 9.94 Å². The van der Waals surface area contributed by atoms with Crippen LogP contribution in [-0.2, 0) is 4.84 Å². The highest BCUT2D eigenvalue weighted by atomic mass is 35.5. The summed E-state index contributed by atoms with van der Waals surface area (Å²) in [5, 5.41) is 15.4. The fourth-order valence-corrected chi connectivity index (χ4v) is 3.39. The molecule has 0 spiro atoms. The van der Waals surface area contributed by atoms with Gasteiger partial charge >= 0.3 is 0 Å². The minimum absolute atomic E-state index is 0.0670. The van der Waals surface area contributed by atoms with Crippen LogP contribution in [0.3, 0.4) is 0 Å². The van der Waals surface area contributed by atoms with Crippen LogP contribution in [0.1, 0.15) is 25.3 Å². The molecule has 2 aliphatic rings. The lowest BCUT2D eigenvalue weighted by atomic mass is 9.91. The molecule has 1 aliphatic heterocycles. The highest BCUT2D eigenvalue weighted by Crippen LogP contribution is 2.44. The first kappa shape index (κ1) is 12.3. The van der Waals surface area contributed by atoms with Gasteiger partial charge in [-0.05, 0) is 31.9 Å². The maximum Gasteiger partial charge on any atom is 0.164 e. The highest BCUT2D eigenvalue weighted by molar-refractivity contribution is 6.40. The Hall–Kier alpha value is -0.770. The van der Waals surface area contributed by atoms with Crippen LogP contribution in [0.4, 0.5) is 0 Å². The molecule has 3 rings (SSSR count). The van der Waals surface area contributed by atoms with Gasteiger partial charge in [0.2, 0.25) is 0 Å². The number of benzene rings is 1. The zero-order valence-corrected chi connectivity index (χ0v) is 11.4. The zero-order valence-electron chi connectivity index (χ0n) is 9.86. The van der Waals surface area contributed by atoms with Crippen molar-refractivity contribution in [1.29, 1.82) is 0 Å². The van der Waals surface area contributed by atoms with Gasteiger partial charge in [-0.2, -0.15) is 0 Å².